The van der Waals surface area contributed by atoms with E-state index < -0.39 is 17.4 Å². The number of hydrogen-bond donors (Lipinski definition) is 1. The van der Waals surface area contributed by atoms with Crippen LogP contribution >= 0.6 is 11.6 Å². The van der Waals surface area contributed by atoms with Crippen molar-refractivity contribution in [1.29, 1.82) is 0 Å². The van der Waals surface area contributed by atoms with Gasteiger partial charge in [-0.25, -0.2) is 8.78 Å². The Morgan fingerprint density at radius 2 is 1.75 bits per heavy atom. The lowest BCUT2D eigenvalue weighted by Gasteiger charge is -2.01. The molecule has 3 aromatic rings. The molecular formula is C15H8ClF2NO. The predicted octanol–water partition coefficient (Wildman–Crippen LogP) is 4.33. The number of rotatable bonds is 2. The molecule has 1 heterocycles. The van der Waals surface area contributed by atoms with Crippen molar-refractivity contribution in [3.8, 4) is 0 Å². The van der Waals surface area contributed by atoms with E-state index in [-0.39, 0.29) is 5.56 Å². The van der Waals surface area contributed by atoms with E-state index in [4.69, 9.17) is 11.6 Å². The molecule has 0 aliphatic carbocycles. The van der Waals surface area contributed by atoms with E-state index in [0.29, 0.717) is 16.0 Å². The van der Waals surface area contributed by atoms with Crippen LogP contribution in [0.5, 0.6) is 0 Å². The summed E-state index contributed by atoms with van der Waals surface area (Å²) in [6.07, 6.45) is 1.51. The molecule has 100 valence electrons. The molecule has 0 spiro atoms. The van der Waals surface area contributed by atoms with Crippen LogP contribution in [0.3, 0.4) is 0 Å². The number of aromatic nitrogens is 1. The Hall–Kier alpha value is -2.20. The minimum atomic E-state index is -0.786. The fourth-order valence-electron chi connectivity index (χ4n) is 2.12. The normalized spacial score (nSPS) is 10.9. The van der Waals surface area contributed by atoms with Crippen molar-refractivity contribution in [2.75, 3.05) is 0 Å². The summed E-state index contributed by atoms with van der Waals surface area (Å²) in [4.78, 5) is 15.3. The first-order valence-corrected chi connectivity index (χ1v) is 6.20. The van der Waals surface area contributed by atoms with Crippen molar-refractivity contribution in [2.45, 2.75) is 0 Å². The van der Waals surface area contributed by atoms with Crippen LogP contribution in [0.4, 0.5) is 8.78 Å². The zero-order chi connectivity index (χ0) is 14.3. The Bertz CT molecular complexity index is 806. The van der Waals surface area contributed by atoms with E-state index in [1.807, 2.05) is 0 Å². The second kappa shape index (κ2) is 4.72. The summed E-state index contributed by atoms with van der Waals surface area (Å²) < 4.78 is 26.4. The number of fused-ring (bicyclic) bond motifs is 1. The van der Waals surface area contributed by atoms with Crippen molar-refractivity contribution >= 4 is 28.3 Å². The van der Waals surface area contributed by atoms with Gasteiger partial charge in [-0.2, -0.15) is 0 Å². The van der Waals surface area contributed by atoms with Crippen molar-refractivity contribution in [1.82, 2.24) is 4.98 Å². The van der Waals surface area contributed by atoms with Gasteiger partial charge in [-0.15, -0.1) is 0 Å². The highest BCUT2D eigenvalue weighted by molar-refractivity contribution is 6.31. The van der Waals surface area contributed by atoms with Crippen molar-refractivity contribution in [2.24, 2.45) is 0 Å². The summed E-state index contributed by atoms with van der Waals surface area (Å²) >= 11 is 5.90. The van der Waals surface area contributed by atoms with Gasteiger partial charge in [0.05, 0.1) is 0 Å². The van der Waals surface area contributed by atoms with Crippen LogP contribution in [0.2, 0.25) is 5.02 Å². The molecule has 0 saturated heterocycles. The van der Waals surface area contributed by atoms with Gasteiger partial charge in [-0.05, 0) is 30.3 Å². The van der Waals surface area contributed by atoms with Gasteiger partial charge >= 0.3 is 0 Å². The number of carbonyl (C=O) groups excluding carboxylic acids is 1. The molecule has 0 unspecified atom stereocenters. The predicted molar refractivity (Wildman–Crippen MR) is 73.1 cm³/mol. The molecule has 1 N–H and O–H groups in total. The minimum Gasteiger partial charge on any atom is -0.360 e. The highest BCUT2D eigenvalue weighted by Crippen LogP contribution is 2.25. The van der Waals surface area contributed by atoms with Gasteiger partial charge in [0.25, 0.3) is 0 Å². The Kier molecular flexibility index (Phi) is 3.03. The highest BCUT2D eigenvalue weighted by Gasteiger charge is 2.16. The van der Waals surface area contributed by atoms with Gasteiger partial charge in [0.15, 0.2) is 5.78 Å². The molecule has 0 aliphatic rings. The van der Waals surface area contributed by atoms with Gasteiger partial charge in [-0.1, -0.05) is 11.6 Å². The lowest BCUT2D eigenvalue weighted by atomic mass is 10.0. The monoisotopic (exact) mass is 291 g/mol. The fraction of sp³-hybridized carbons (Fsp3) is 0. The molecule has 0 amide bonds. The minimum absolute atomic E-state index is 0.0385. The average Bonchev–Trinajstić information content (AvgIpc) is 2.79. The summed E-state index contributed by atoms with van der Waals surface area (Å²) in [5.41, 5.74) is 1.02. The van der Waals surface area contributed by atoms with Crippen LogP contribution in [-0.4, -0.2) is 10.8 Å². The second-order valence-corrected chi connectivity index (χ2v) is 4.82. The van der Waals surface area contributed by atoms with Gasteiger partial charge in [0, 0.05) is 39.3 Å². The summed E-state index contributed by atoms with van der Waals surface area (Å²) in [7, 11) is 0. The van der Waals surface area contributed by atoms with Crippen LogP contribution in [0.25, 0.3) is 10.9 Å². The number of ketones is 1. The first-order valence-electron chi connectivity index (χ1n) is 5.82. The molecule has 0 radical (unpaired) electrons. The number of aromatic amines is 1. The molecule has 2 aromatic carbocycles. The van der Waals surface area contributed by atoms with E-state index in [1.54, 1.807) is 18.2 Å². The van der Waals surface area contributed by atoms with Crippen molar-refractivity contribution in [3.05, 3.63) is 70.4 Å². The van der Waals surface area contributed by atoms with Gasteiger partial charge < -0.3 is 4.98 Å². The van der Waals surface area contributed by atoms with Crippen LogP contribution in [0.15, 0.2) is 42.6 Å². The molecule has 0 atom stereocenters. The second-order valence-electron chi connectivity index (χ2n) is 4.38. The Morgan fingerprint density at radius 1 is 1.05 bits per heavy atom. The topological polar surface area (TPSA) is 32.9 Å². The maximum atomic E-state index is 13.2. The number of hydrogen-bond acceptors (Lipinski definition) is 1. The summed E-state index contributed by atoms with van der Waals surface area (Å²) in [5.74, 6) is -2.03. The standard InChI is InChI=1S/C15H8ClF2NO/c16-9-1-2-14-12(5-9)13(7-19-14)15(20)8-3-10(17)6-11(18)4-8/h1-7,19H. The van der Waals surface area contributed by atoms with E-state index in [1.165, 1.54) is 6.20 Å². The van der Waals surface area contributed by atoms with Crippen molar-refractivity contribution in [3.63, 3.8) is 0 Å². The zero-order valence-electron chi connectivity index (χ0n) is 10.1. The van der Waals surface area contributed by atoms with Gasteiger partial charge in [-0.3, -0.25) is 4.79 Å². The van der Waals surface area contributed by atoms with E-state index in [2.05, 4.69) is 4.98 Å². The number of halogens is 3. The van der Waals surface area contributed by atoms with E-state index in [0.717, 1.165) is 23.7 Å². The smallest absolute Gasteiger partial charge is 0.195 e. The van der Waals surface area contributed by atoms with Crippen LogP contribution < -0.4 is 0 Å². The quantitative estimate of drug-likeness (QED) is 0.700. The highest BCUT2D eigenvalue weighted by atomic mass is 35.5. The first-order chi connectivity index (χ1) is 9.54. The largest absolute Gasteiger partial charge is 0.360 e. The third kappa shape index (κ3) is 2.18. The average molecular weight is 292 g/mol. The number of H-pyrrole nitrogens is 1. The number of carbonyl (C=O) groups is 1. The first kappa shape index (κ1) is 12.8. The molecule has 0 aliphatic heterocycles. The molecule has 0 bridgehead atoms. The van der Waals surface area contributed by atoms with E-state index in [9.17, 15) is 13.6 Å². The van der Waals surface area contributed by atoms with Crippen molar-refractivity contribution < 1.29 is 13.6 Å². The summed E-state index contributed by atoms with van der Waals surface area (Å²) in [6.45, 7) is 0. The third-order valence-electron chi connectivity index (χ3n) is 3.01. The Balaban J connectivity index is 2.15. The lowest BCUT2D eigenvalue weighted by Crippen LogP contribution is -2.02. The summed E-state index contributed by atoms with van der Waals surface area (Å²) in [6, 6.07) is 7.81. The SMILES string of the molecule is O=C(c1cc(F)cc(F)c1)c1c[nH]c2ccc(Cl)cc12. The molecule has 20 heavy (non-hydrogen) atoms. The third-order valence-corrected chi connectivity index (χ3v) is 3.25. The van der Waals surface area contributed by atoms with Crippen LogP contribution in [-0.2, 0) is 0 Å². The maximum Gasteiger partial charge on any atom is 0.195 e. The molecule has 0 fully saturated rings. The molecule has 2 nitrogen and oxygen atoms in total. The zero-order valence-corrected chi connectivity index (χ0v) is 10.8. The van der Waals surface area contributed by atoms with Crippen LogP contribution in [0.1, 0.15) is 15.9 Å². The maximum absolute atomic E-state index is 13.2. The number of benzene rings is 2. The molecule has 1 aromatic heterocycles. The van der Waals surface area contributed by atoms with Gasteiger partial charge in [0.1, 0.15) is 11.6 Å². The van der Waals surface area contributed by atoms with Gasteiger partial charge in [0.2, 0.25) is 0 Å². The molecule has 5 heteroatoms. The van der Waals surface area contributed by atoms with Crippen LogP contribution in [0, 0.1) is 11.6 Å². The Labute approximate surface area is 118 Å². The molecular weight excluding hydrogens is 284 g/mol. The molecule has 3 rings (SSSR count). The van der Waals surface area contributed by atoms with E-state index >= 15 is 0 Å². The molecule has 0 saturated carbocycles. The fourth-order valence-corrected chi connectivity index (χ4v) is 2.29. The lowest BCUT2D eigenvalue weighted by molar-refractivity contribution is 0.103. The Morgan fingerprint density at radius 3 is 2.45 bits per heavy atom. The summed E-state index contributed by atoms with van der Waals surface area (Å²) in [5, 5.41) is 1.10. The number of nitrogens with one attached hydrogen (secondary N) is 1.